The molecular weight excluding hydrogens is 284 g/mol. The Labute approximate surface area is 135 Å². The average Bonchev–Trinajstić information content (AvgIpc) is 2.63. The van der Waals surface area contributed by atoms with Crippen LogP contribution in [0.25, 0.3) is 11.1 Å². The Morgan fingerprint density at radius 1 is 0.957 bits per heavy atom. The van der Waals surface area contributed by atoms with Crippen molar-refractivity contribution < 1.29 is 0 Å². The maximum Gasteiger partial charge on any atom is 0.183 e. The van der Waals surface area contributed by atoms with Crippen LogP contribution in [0.3, 0.4) is 0 Å². The number of anilines is 1. The molecule has 0 aliphatic rings. The summed E-state index contributed by atoms with van der Waals surface area (Å²) in [7, 11) is 1.92. The van der Waals surface area contributed by atoms with E-state index in [1.807, 2.05) is 42.3 Å². The quantitative estimate of drug-likeness (QED) is 0.738. The van der Waals surface area contributed by atoms with E-state index in [4.69, 9.17) is 0 Å². The molecule has 0 bridgehead atoms. The largest absolute Gasteiger partial charge is 0.353 e. The van der Waals surface area contributed by atoms with Gasteiger partial charge in [0.15, 0.2) is 11.5 Å². The maximum absolute atomic E-state index is 9.19. The zero-order valence-corrected chi connectivity index (χ0v) is 12.8. The van der Waals surface area contributed by atoms with Crippen LogP contribution in [0.4, 0.5) is 5.82 Å². The molecule has 2 aromatic carbocycles. The molecule has 0 amide bonds. The third-order valence-corrected chi connectivity index (χ3v) is 3.66. The van der Waals surface area contributed by atoms with E-state index in [2.05, 4.69) is 40.3 Å². The number of hydrogen-bond donors (Lipinski definition) is 0. The lowest BCUT2D eigenvalue weighted by atomic mass is 9.99. The van der Waals surface area contributed by atoms with Gasteiger partial charge in [-0.05, 0) is 16.7 Å². The van der Waals surface area contributed by atoms with Gasteiger partial charge in [-0.3, -0.25) is 0 Å². The molecular formula is C19H16N4. The monoisotopic (exact) mass is 300 g/mol. The van der Waals surface area contributed by atoms with E-state index in [1.54, 1.807) is 6.20 Å². The Bertz CT molecular complexity index is 837. The molecule has 23 heavy (non-hydrogen) atoms. The highest BCUT2D eigenvalue weighted by Crippen LogP contribution is 2.25. The predicted octanol–water partition coefficient (Wildman–Crippen LogP) is 3.65. The summed E-state index contributed by atoms with van der Waals surface area (Å²) < 4.78 is 0. The van der Waals surface area contributed by atoms with Crippen LogP contribution in [0.2, 0.25) is 0 Å². The van der Waals surface area contributed by atoms with Crippen molar-refractivity contribution in [3.05, 3.63) is 78.2 Å². The van der Waals surface area contributed by atoms with Gasteiger partial charge in [0.1, 0.15) is 6.07 Å². The minimum Gasteiger partial charge on any atom is -0.353 e. The molecule has 0 aliphatic carbocycles. The third kappa shape index (κ3) is 3.19. The highest BCUT2D eigenvalue weighted by Gasteiger charge is 2.12. The van der Waals surface area contributed by atoms with Crippen LogP contribution < -0.4 is 4.90 Å². The van der Waals surface area contributed by atoms with E-state index in [-0.39, 0.29) is 0 Å². The second-order valence-corrected chi connectivity index (χ2v) is 5.22. The van der Waals surface area contributed by atoms with Gasteiger partial charge < -0.3 is 4.90 Å². The Morgan fingerprint density at radius 3 is 2.43 bits per heavy atom. The number of aromatic nitrogens is 2. The second kappa shape index (κ2) is 6.71. The van der Waals surface area contributed by atoms with Gasteiger partial charge in [-0.2, -0.15) is 5.26 Å². The first-order valence-electron chi connectivity index (χ1n) is 7.35. The first-order valence-corrected chi connectivity index (χ1v) is 7.35. The van der Waals surface area contributed by atoms with E-state index >= 15 is 0 Å². The van der Waals surface area contributed by atoms with Crippen LogP contribution in [-0.2, 0) is 6.54 Å². The second-order valence-electron chi connectivity index (χ2n) is 5.22. The highest BCUT2D eigenvalue weighted by molar-refractivity contribution is 5.68. The summed E-state index contributed by atoms with van der Waals surface area (Å²) in [5.41, 5.74) is 3.88. The summed E-state index contributed by atoms with van der Waals surface area (Å²) in [6, 6.07) is 20.6. The standard InChI is InChI=1S/C19H16N4/c1-23(19-18(13-20)21-11-12-22-19)14-16-9-5-6-10-17(16)15-7-3-2-4-8-15/h2-12H,14H2,1H3. The Hall–Kier alpha value is -3.19. The minimum absolute atomic E-state index is 0.340. The molecule has 1 heterocycles. The summed E-state index contributed by atoms with van der Waals surface area (Å²) in [6.07, 6.45) is 3.14. The number of hydrogen-bond acceptors (Lipinski definition) is 4. The van der Waals surface area contributed by atoms with Gasteiger partial charge in [-0.15, -0.1) is 0 Å². The van der Waals surface area contributed by atoms with E-state index in [0.717, 1.165) is 0 Å². The summed E-state index contributed by atoms with van der Waals surface area (Å²) in [4.78, 5) is 10.3. The van der Waals surface area contributed by atoms with Crippen LogP contribution in [-0.4, -0.2) is 17.0 Å². The van der Waals surface area contributed by atoms with Crippen LogP contribution in [0, 0.1) is 11.3 Å². The van der Waals surface area contributed by atoms with Crippen molar-refractivity contribution in [2.75, 3.05) is 11.9 Å². The van der Waals surface area contributed by atoms with Crippen molar-refractivity contribution in [3.8, 4) is 17.2 Å². The first-order chi connectivity index (χ1) is 11.3. The lowest BCUT2D eigenvalue weighted by Gasteiger charge is -2.20. The number of nitrogens with zero attached hydrogens (tertiary/aromatic N) is 4. The van der Waals surface area contributed by atoms with Gasteiger partial charge in [0.25, 0.3) is 0 Å². The molecule has 0 fully saturated rings. The molecule has 0 saturated carbocycles. The van der Waals surface area contributed by atoms with E-state index in [0.29, 0.717) is 18.1 Å². The molecule has 0 unspecified atom stereocenters. The van der Waals surface area contributed by atoms with Crippen molar-refractivity contribution in [1.82, 2.24) is 9.97 Å². The van der Waals surface area contributed by atoms with Gasteiger partial charge in [0, 0.05) is 26.0 Å². The van der Waals surface area contributed by atoms with Crippen molar-refractivity contribution >= 4 is 5.82 Å². The van der Waals surface area contributed by atoms with Crippen molar-refractivity contribution in [1.29, 1.82) is 5.26 Å². The zero-order valence-electron chi connectivity index (χ0n) is 12.8. The van der Waals surface area contributed by atoms with Gasteiger partial charge in [0.05, 0.1) is 0 Å². The number of rotatable bonds is 4. The van der Waals surface area contributed by atoms with Gasteiger partial charge in [0.2, 0.25) is 0 Å². The molecule has 3 aromatic rings. The zero-order chi connectivity index (χ0) is 16.1. The smallest absolute Gasteiger partial charge is 0.183 e. The fourth-order valence-electron chi connectivity index (χ4n) is 2.58. The van der Waals surface area contributed by atoms with Gasteiger partial charge in [-0.25, -0.2) is 9.97 Å². The summed E-state index contributed by atoms with van der Waals surface area (Å²) in [5, 5.41) is 9.19. The van der Waals surface area contributed by atoms with E-state index < -0.39 is 0 Å². The average molecular weight is 300 g/mol. The van der Waals surface area contributed by atoms with Crippen molar-refractivity contribution in [3.63, 3.8) is 0 Å². The van der Waals surface area contributed by atoms with Crippen LogP contribution in [0.1, 0.15) is 11.3 Å². The highest BCUT2D eigenvalue weighted by atomic mass is 15.2. The fraction of sp³-hybridized carbons (Fsp3) is 0.105. The number of nitriles is 1. The van der Waals surface area contributed by atoms with Gasteiger partial charge in [-0.1, -0.05) is 54.6 Å². The fourth-order valence-corrected chi connectivity index (χ4v) is 2.58. The van der Waals surface area contributed by atoms with E-state index in [1.165, 1.54) is 22.9 Å². The predicted molar refractivity (Wildman–Crippen MR) is 90.7 cm³/mol. The number of benzene rings is 2. The van der Waals surface area contributed by atoms with Crippen LogP contribution >= 0.6 is 0 Å². The molecule has 0 aliphatic heterocycles. The molecule has 4 heteroatoms. The molecule has 0 saturated heterocycles. The molecule has 0 N–H and O–H groups in total. The lowest BCUT2D eigenvalue weighted by Crippen LogP contribution is -2.19. The first kappa shape index (κ1) is 14.7. The maximum atomic E-state index is 9.19. The summed E-state index contributed by atoms with van der Waals surface area (Å²) in [5.74, 6) is 0.595. The van der Waals surface area contributed by atoms with Crippen molar-refractivity contribution in [2.45, 2.75) is 6.54 Å². The lowest BCUT2D eigenvalue weighted by molar-refractivity contribution is 0.886. The molecule has 0 spiro atoms. The molecule has 4 nitrogen and oxygen atoms in total. The summed E-state index contributed by atoms with van der Waals surface area (Å²) >= 11 is 0. The molecule has 3 rings (SSSR count). The van der Waals surface area contributed by atoms with Crippen LogP contribution in [0.15, 0.2) is 67.0 Å². The Balaban J connectivity index is 1.94. The third-order valence-electron chi connectivity index (χ3n) is 3.66. The normalized spacial score (nSPS) is 10.1. The van der Waals surface area contributed by atoms with Crippen molar-refractivity contribution in [2.24, 2.45) is 0 Å². The molecule has 0 radical (unpaired) electrons. The molecule has 0 atom stereocenters. The summed E-state index contributed by atoms with van der Waals surface area (Å²) in [6.45, 7) is 0.651. The molecule has 1 aromatic heterocycles. The minimum atomic E-state index is 0.340. The van der Waals surface area contributed by atoms with Crippen LogP contribution in [0.5, 0.6) is 0 Å². The van der Waals surface area contributed by atoms with Gasteiger partial charge >= 0.3 is 0 Å². The topological polar surface area (TPSA) is 52.8 Å². The Kier molecular flexibility index (Phi) is 4.30. The SMILES string of the molecule is CN(Cc1ccccc1-c1ccccc1)c1nccnc1C#N. The Morgan fingerprint density at radius 2 is 1.65 bits per heavy atom. The van der Waals surface area contributed by atoms with E-state index in [9.17, 15) is 5.26 Å². The molecule has 112 valence electrons.